The first-order valence-corrected chi connectivity index (χ1v) is 8.61. The summed E-state index contributed by atoms with van der Waals surface area (Å²) >= 11 is 0. The molecule has 0 aromatic heterocycles. The lowest BCUT2D eigenvalue weighted by atomic mass is 9.95. The van der Waals surface area contributed by atoms with E-state index >= 15 is 0 Å². The molecule has 24 heavy (non-hydrogen) atoms. The van der Waals surface area contributed by atoms with Crippen LogP contribution < -0.4 is 10.4 Å². The van der Waals surface area contributed by atoms with Crippen LogP contribution in [0.5, 0.6) is 0 Å². The third-order valence-corrected chi connectivity index (χ3v) is 4.19. The molecule has 0 fully saturated rings. The maximum atomic E-state index is 11.7. The molecule has 0 aliphatic heterocycles. The molecule has 134 valence electrons. The summed E-state index contributed by atoms with van der Waals surface area (Å²) in [6.07, 6.45) is 0.966. The Labute approximate surface area is 144 Å². The smallest absolute Gasteiger partial charge is 0.407 e. The van der Waals surface area contributed by atoms with Crippen molar-refractivity contribution in [3.63, 3.8) is 0 Å². The Bertz CT molecular complexity index is 503. The predicted octanol–water partition coefficient (Wildman–Crippen LogP) is 2.54. The van der Waals surface area contributed by atoms with E-state index in [0.29, 0.717) is 12.5 Å². The molecule has 1 N–H and O–H groups in total. The summed E-state index contributed by atoms with van der Waals surface area (Å²) in [5, 5.41) is 13.8. The quantitative estimate of drug-likeness (QED) is 0.713. The van der Waals surface area contributed by atoms with Gasteiger partial charge in [-0.15, -0.1) is 0 Å². The van der Waals surface area contributed by atoms with Crippen molar-refractivity contribution < 1.29 is 19.4 Å². The number of aliphatic carboxylic acids is 1. The zero-order chi connectivity index (χ0) is 17.9. The highest BCUT2D eigenvalue weighted by Crippen LogP contribution is 2.16. The normalized spacial score (nSPS) is 14.5. The van der Waals surface area contributed by atoms with E-state index in [1.165, 1.54) is 5.56 Å². The third kappa shape index (κ3) is 7.99. The highest BCUT2D eigenvalue weighted by Gasteiger charge is 2.19. The lowest BCUT2D eigenvalue weighted by Crippen LogP contribution is -2.42. The Morgan fingerprint density at radius 3 is 2.42 bits per heavy atom. The largest absolute Gasteiger partial charge is 0.546 e. The minimum atomic E-state index is -1.35. The summed E-state index contributed by atoms with van der Waals surface area (Å²) in [6, 6.07) is 10.0. The summed E-state index contributed by atoms with van der Waals surface area (Å²) in [4.78, 5) is 22.9. The first-order valence-electron chi connectivity index (χ1n) is 8.61. The molecule has 3 atom stereocenters. The lowest BCUT2D eigenvalue weighted by molar-refractivity contribution is -0.315. The van der Waals surface area contributed by atoms with Crippen LogP contribution in [-0.4, -0.2) is 24.7 Å². The maximum Gasteiger partial charge on any atom is 0.407 e. The van der Waals surface area contributed by atoms with Crippen molar-refractivity contribution in [2.75, 3.05) is 6.54 Å². The van der Waals surface area contributed by atoms with Gasteiger partial charge >= 0.3 is 6.09 Å². The number of carboxylic acid groups (broad SMARTS) is 1. The molecule has 5 nitrogen and oxygen atoms in total. The van der Waals surface area contributed by atoms with E-state index < -0.39 is 18.2 Å². The predicted molar refractivity (Wildman–Crippen MR) is 91.3 cm³/mol. The first-order chi connectivity index (χ1) is 11.4. The highest BCUT2D eigenvalue weighted by atomic mass is 16.6. The number of hydrogen-bond acceptors (Lipinski definition) is 4. The number of ether oxygens (including phenoxy) is 1. The van der Waals surface area contributed by atoms with Crippen LogP contribution >= 0.6 is 0 Å². The SMILES string of the molecule is CCC(C)CNC(=O)OC(CC(C)CCc1ccccc1)C(=O)[O-]. The molecular formula is C19H28NO4-. The van der Waals surface area contributed by atoms with Gasteiger partial charge in [0, 0.05) is 6.54 Å². The van der Waals surface area contributed by atoms with Crippen LogP contribution in [0.4, 0.5) is 4.79 Å². The van der Waals surface area contributed by atoms with Crippen molar-refractivity contribution in [1.82, 2.24) is 5.32 Å². The molecule has 1 aromatic carbocycles. The van der Waals surface area contributed by atoms with E-state index in [9.17, 15) is 14.7 Å². The molecule has 0 radical (unpaired) electrons. The highest BCUT2D eigenvalue weighted by molar-refractivity contribution is 5.75. The van der Waals surface area contributed by atoms with E-state index in [2.05, 4.69) is 5.32 Å². The third-order valence-electron chi connectivity index (χ3n) is 4.19. The van der Waals surface area contributed by atoms with Gasteiger partial charge in [-0.2, -0.15) is 0 Å². The van der Waals surface area contributed by atoms with Crippen molar-refractivity contribution in [3.8, 4) is 0 Å². The Balaban J connectivity index is 2.41. The van der Waals surface area contributed by atoms with Gasteiger partial charge in [0.15, 0.2) is 0 Å². The molecule has 0 heterocycles. The molecule has 0 saturated carbocycles. The fourth-order valence-corrected chi connectivity index (χ4v) is 2.31. The topological polar surface area (TPSA) is 78.5 Å². The van der Waals surface area contributed by atoms with Crippen LogP contribution in [0.15, 0.2) is 30.3 Å². The molecule has 1 amide bonds. The Morgan fingerprint density at radius 2 is 1.83 bits per heavy atom. The minimum Gasteiger partial charge on any atom is -0.546 e. The summed E-state index contributed by atoms with van der Waals surface area (Å²) in [5.74, 6) is -0.917. The van der Waals surface area contributed by atoms with Crippen LogP contribution in [-0.2, 0) is 16.0 Å². The standard InChI is InChI=1S/C19H29NO4/c1-4-14(2)13-20-19(23)24-17(18(21)22)12-15(3)10-11-16-8-6-5-7-9-16/h5-9,14-15,17H,4,10-13H2,1-3H3,(H,20,23)(H,21,22)/p-1. The summed E-state index contributed by atoms with van der Waals surface area (Å²) in [6.45, 7) is 6.45. The Hall–Kier alpha value is -2.04. The van der Waals surface area contributed by atoms with E-state index in [0.717, 1.165) is 19.3 Å². The van der Waals surface area contributed by atoms with Gasteiger partial charge in [-0.1, -0.05) is 57.5 Å². The van der Waals surface area contributed by atoms with Crippen LogP contribution in [0.3, 0.4) is 0 Å². The van der Waals surface area contributed by atoms with Crippen LogP contribution in [0.25, 0.3) is 0 Å². The average Bonchev–Trinajstić information content (AvgIpc) is 2.58. The van der Waals surface area contributed by atoms with Gasteiger partial charge in [-0.05, 0) is 36.7 Å². The van der Waals surface area contributed by atoms with E-state index in [1.807, 2.05) is 51.1 Å². The van der Waals surface area contributed by atoms with Gasteiger partial charge in [0.2, 0.25) is 0 Å². The van der Waals surface area contributed by atoms with Crippen LogP contribution in [0.1, 0.15) is 45.6 Å². The zero-order valence-corrected chi connectivity index (χ0v) is 14.8. The number of alkyl carbamates (subject to hydrolysis) is 1. The van der Waals surface area contributed by atoms with Crippen molar-refractivity contribution in [3.05, 3.63) is 35.9 Å². The van der Waals surface area contributed by atoms with Gasteiger partial charge in [0.05, 0.1) is 5.97 Å². The number of amides is 1. The number of nitrogens with one attached hydrogen (secondary N) is 1. The summed E-state index contributed by atoms with van der Waals surface area (Å²) < 4.78 is 5.02. The van der Waals surface area contributed by atoms with Crippen LogP contribution in [0.2, 0.25) is 0 Å². The molecule has 0 spiro atoms. The first kappa shape index (κ1) is 20.0. The van der Waals surface area contributed by atoms with Gasteiger partial charge < -0.3 is 20.0 Å². The van der Waals surface area contributed by atoms with E-state index in [-0.39, 0.29) is 12.3 Å². The summed E-state index contributed by atoms with van der Waals surface area (Å²) in [5.41, 5.74) is 1.21. The van der Waals surface area contributed by atoms with Gasteiger partial charge in [0.1, 0.15) is 6.10 Å². The number of carboxylic acids is 1. The molecule has 0 aliphatic rings. The lowest BCUT2D eigenvalue weighted by Gasteiger charge is -2.23. The molecule has 1 rings (SSSR count). The molecule has 0 bridgehead atoms. The molecule has 1 aromatic rings. The van der Waals surface area contributed by atoms with Crippen molar-refractivity contribution in [2.24, 2.45) is 11.8 Å². The van der Waals surface area contributed by atoms with Crippen LogP contribution in [0, 0.1) is 11.8 Å². The number of carbonyl (C=O) groups is 2. The maximum absolute atomic E-state index is 11.7. The average molecular weight is 334 g/mol. The second kappa shape index (κ2) is 10.7. The van der Waals surface area contributed by atoms with Gasteiger partial charge in [-0.25, -0.2) is 4.79 Å². The van der Waals surface area contributed by atoms with Crippen molar-refractivity contribution in [1.29, 1.82) is 0 Å². The Kier molecular flexibility index (Phi) is 8.90. The monoisotopic (exact) mass is 334 g/mol. The fraction of sp³-hybridized carbons (Fsp3) is 0.579. The molecule has 5 heteroatoms. The zero-order valence-electron chi connectivity index (χ0n) is 14.8. The number of carbonyl (C=O) groups excluding carboxylic acids is 2. The van der Waals surface area contributed by atoms with E-state index in [1.54, 1.807) is 0 Å². The van der Waals surface area contributed by atoms with Gasteiger partial charge in [-0.3, -0.25) is 0 Å². The second-order valence-corrected chi connectivity index (χ2v) is 6.47. The van der Waals surface area contributed by atoms with Crippen molar-refractivity contribution in [2.45, 2.75) is 52.6 Å². The number of aryl methyl sites for hydroxylation is 1. The molecular weight excluding hydrogens is 306 g/mol. The van der Waals surface area contributed by atoms with Gasteiger partial charge in [0.25, 0.3) is 0 Å². The minimum absolute atomic E-state index is 0.107. The number of rotatable bonds is 10. The molecule has 0 saturated heterocycles. The second-order valence-electron chi connectivity index (χ2n) is 6.47. The number of benzene rings is 1. The summed E-state index contributed by atoms with van der Waals surface area (Å²) in [7, 11) is 0. The fourth-order valence-electron chi connectivity index (χ4n) is 2.31. The molecule has 0 aliphatic carbocycles. The van der Waals surface area contributed by atoms with Crippen molar-refractivity contribution >= 4 is 12.1 Å². The molecule has 3 unspecified atom stereocenters. The number of hydrogen-bond donors (Lipinski definition) is 1. The van der Waals surface area contributed by atoms with E-state index in [4.69, 9.17) is 4.74 Å². The Morgan fingerprint density at radius 1 is 1.17 bits per heavy atom.